The van der Waals surface area contributed by atoms with E-state index in [0.717, 1.165) is 12.0 Å². The fourth-order valence-electron chi connectivity index (χ4n) is 1.32. The van der Waals surface area contributed by atoms with Crippen molar-refractivity contribution >= 4 is 0 Å². The molecule has 2 nitrogen and oxygen atoms in total. The van der Waals surface area contributed by atoms with Crippen molar-refractivity contribution in [1.82, 2.24) is 0 Å². The van der Waals surface area contributed by atoms with Crippen LogP contribution in [0.5, 0.6) is 0 Å². The van der Waals surface area contributed by atoms with Crippen LogP contribution in [0.3, 0.4) is 0 Å². The Morgan fingerprint density at radius 1 is 1.54 bits per heavy atom. The van der Waals surface area contributed by atoms with E-state index in [-0.39, 0.29) is 6.04 Å². The maximum absolute atomic E-state index is 8.88. The van der Waals surface area contributed by atoms with Crippen molar-refractivity contribution in [3.8, 4) is 6.07 Å². The number of nitrogens with two attached hydrogens (primary N) is 1. The maximum atomic E-state index is 8.88. The van der Waals surface area contributed by atoms with Gasteiger partial charge in [0, 0.05) is 6.04 Å². The summed E-state index contributed by atoms with van der Waals surface area (Å²) >= 11 is 0. The Hall–Kier alpha value is -1.33. The molecule has 2 heteroatoms. The molecule has 0 saturated heterocycles. The molecule has 0 radical (unpaired) electrons. The molecule has 0 aromatic heterocycles. The largest absolute Gasteiger partial charge is 0.324 e. The number of nitriles is 1. The Bertz CT molecular complexity index is 334. The maximum Gasteiger partial charge on any atom is 0.0995 e. The summed E-state index contributed by atoms with van der Waals surface area (Å²) in [5.41, 5.74) is 8.55. The Morgan fingerprint density at radius 3 is 2.69 bits per heavy atom. The molecular weight excluding hydrogens is 160 g/mol. The lowest BCUT2D eigenvalue weighted by molar-refractivity contribution is 0.813. The third kappa shape index (κ3) is 2.07. The van der Waals surface area contributed by atoms with E-state index in [1.165, 1.54) is 5.56 Å². The minimum absolute atomic E-state index is 0.0689. The predicted molar refractivity (Wildman–Crippen MR) is 53.1 cm³/mol. The van der Waals surface area contributed by atoms with Crippen molar-refractivity contribution in [3.05, 3.63) is 34.9 Å². The van der Waals surface area contributed by atoms with E-state index >= 15 is 0 Å². The van der Waals surface area contributed by atoms with Crippen molar-refractivity contribution in [2.45, 2.75) is 26.3 Å². The highest BCUT2D eigenvalue weighted by molar-refractivity contribution is 5.42. The molecule has 2 N–H and O–H groups in total. The summed E-state index contributed by atoms with van der Waals surface area (Å²) < 4.78 is 0. The first kappa shape index (κ1) is 9.76. The van der Waals surface area contributed by atoms with Gasteiger partial charge in [-0.2, -0.15) is 5.26 Å². The van der Waals surface area contributed by atoms with E-state index in [9.17, 15) is 0 Å². The summed E-state index contributed by atoms with van der Waals surface area (Å²) in [7, 11) is 0. The fourth-order valence-corrected chi connectivity index (χ4v) is 1.32. The van der Waals surface area contributed by atoms with Gasteiger partial charge in [0.15, 0.2) is 0 Å². The van der Waals surface area contributed by atoms with Gasteiger partial charge in [0.25, 0.3) is 0 Å². The van der Waals surface area contributed by atoms with Gasteiger partial charge in [0.05, 0.1) is 11.6 Å². The SMILES string of the molecule is CCc1ccc(C(C)N)c(C#N)c1. The van der Waals surface area contributed by atoms with Crippen LogP contribution >= 0.6 is 0 Å². The highest BCUT2D eigenvalue weighted by atomic mass is 14.6. The van der Waals surface area contributed by atoms with Crippen LogP contribution in [0, 0.1) is 11.3 Å². The van der Waals surface area contributed by atoms with E-state index < -0.39 is 0 Å². The molecule has 0 aliphatic rings. The van der Waals surface area contributed by atoms with Crippen molar-refractivity contribution < 1.29 is 0 Å². The van der Waals surface area contributed by atoms with Gasteiger partial charge in [-0.25, -0.2) is 0 Å². The first-order valence-electron chi connectivity index (χ1n) is 4.47. The highest BCUT2D eigenvalue weighted by Crippen LogP contribution is 2.17. The van der Waals surface area contributed by atoms with Crippen molar-refractivity contribution in [2.75, 3.05) is 0 Å². The molecule has 0 heterocycles. The Morgan fingerprint density at radius 2 is 2.23 bits per heavy atom. The zero-order chi connectivity index (χ0) is 9.84. The molecule has 0 aliphatic heterocycles. The number of nitrogens with zero attached hydrogens (tertiary/aromatic N) is 1. The van der Waals surface area contributed by atoms with Crippen LogP contribution in [0.2, 0.25) is 0 Å². The number of hydrogen-bond acceptors (Lipinski definition) is 2. The minimum Gasteiger partial charge on any atom is -0.324 e. The second kappa shape index (κ2) is 4.06. The highest BCUT2D eigenvalue weighted by Gasteiger charge is 2.06. The smallest absolute Gasteiger partial charge is 0.0995 e. The third-order valence-electron chi connectivity index (χ3n) is 2.14. The molecule has 0 saturated carbocycles. The van der Waals surface area contributed by atoms with Crippen LogP contribution in [0.4, 0.5) is 0 Å². The molecule has 1 aromatic carbocycles. The van der Waals surface area contributed by atoms with Crippen LogP contribution in [0.15, 0.2) is 18.2 Å². The molecule has 0 bridgehead atoms. The van der Waals surface area contributed by atoms with E-state index in [4.69, 9.17) is 11.0 Å². The van der Waals surface area contributed by atoms with Gasteiger partial charge in [0.2, 0.25) is 0 Å². The van der Waals surface area contributed by atoms with E-state index in [0.29, 0.717) is 5.56 Å². The molecule has 13 heavy (non-hydrogen) atoms. The van der Waals surface area contributed by atoms with Crippen LogP contribution in [-0.4, -0.2) is 0 Å². The van der Waals surface area contributed by atoms with Crippen LogP contribution in [0.1, 0.15) is 36.6 Å². The van der Waals surface area contributed by atoms with Crippen molar-refractivity contribution in [1.29, 1.82) is 5.26 Å². The Labute approximate surface area is 79.0 Å². The summed E-state index contributed by atoms with van der Waals surface area (Å²) in [6.07, 6.45) is 0.952. The van der Waals surface area contributed by atoms with Gasteiger partial charge >= 0.3 is 0 Å². The van der Waals surface area contributed by atoms with Crippen LogP contribution < -0.4 is 5.73 Å². The second-order valence-corrected chi connectivity index (χ2v) is 3.18. The number of hydrogen-bond donors (Lipinski definition) is 1. The average molecular weight is 174 g/mol. The van der Waals surface area contributed by atoms with Crippen molar-refractivity contribution in [2.24, 2.45) is 5.73 Å². The number of benzene rings is 1. The number of aryl methyl sites for hydroxylation is 1. The second-order valence-electron chi connectivity index (χ2n) is 3.18. The van der Waals surface area contributed by atoms with Crippen molar-refractivity contribution in [3.63, 3.8) is 0 Å². The van der Waals surface area contributed by atoms with Gasteiger partial charge in [0.1, 0.15) is 0 Å². The van der Waals surface area contributed by atoms with Gasteiger partial charge in [-0.1, -0.05) is 19.1 Å². The van der Waals surface area contributed by atoms with Crippen LogP contribution in [0.25, 0.3) is 0 Å². The third-order valence-corrected chi connectivity index (χ3v) is 2.14. The standard InChI is InChI=1S/C11H14N2/c1-3-9-4-5-11(8(2)13)10(6-9)7-12/h4-6,8H,3,13H2,1-2H3. The molecule has 1 aromatic rings. The molecular formula is C11H14N2. The molecule has 1 rings (SSSR count). The summed E-state index contributed by atoms with van der Waals surface area (Å²) in [5.74, 6) is 0. The molecule has 68 valence electrons. The molecule has 0 fully saturated rings. The molecule has 1 atom stereocenters. The van der Waals surface area contributed by atoms with E-state index in [2.05, 4.69) is 13.0 Å². The molecule has 1 unspecified atom stereocenters. The summed E-state index contributed by atoms with van der Waals surface area (Å²) in [6.45, 7) is 3.96. The van der Waals surface area contributed by atoms with Gasteiger partial charge in [-0.15, -0.1) is 0 Å². The predicted octanol–water partition coefficient (Wildman–Crippen LogP) is 2.14. The summed E-state index contributed by atoms with van der Waals surface area (Å²) in [6, 6.07) is 7.99. The Kier molecular flexibility index (Phi) is 3.05. The van der Waals surface area contributed by atoms with E-state index in [1.807, 2.05) is 25.1 Å². The van der Waals surface area contributed by atoms with Gasteiger partial charge < -0.3 is 5.73 Å². The normalized spacial score (nSPS) is 12.2. The fraction of sp³-hybridized carbons (Fsp3) is 0.364. The lowest BCUT2D eigenvalue weighted by atomic mass is 9.99. The first-order valence-corrected chi connectivity index (χ1v) is 4.47. The zero-order valence-corrected chi connectivity index (χ0v) is 8.04. The lowest BCUT2D eigenvalue weighted by Crippen LogP contribution is -2.07. The Balaban J connectivity index is 3.18. The summed E-state index contributed by atoms with van der Waals surface area (Å²) in [5, 5.41) is 8.88. The molecule has 0 amide bonds. The lowest BCUT2D eigenvalue weighted by Gasteiger charge is -2.08. The molecule has 0 spiro atoms. The monoisotopic (exact) mass is 174 g/mol. The average Bonchev–Trinajstić information content (AvgIpc) is 2.16. The van der Waals surface area contributed by atoms with E-state index in [1.54, 1.807) is 0 Å². The zero-order valence-electron chi connectivity index (χ0n) is 8.04. The topological polar surface area (TPSA) is 49.8 Å². The van der Waals surface area contributed by atoms with Gasteiger partial charge in [-0.3, -0.25) is 0 Å². The van der Waals surface area contributed by atoms with Crippen LogP contribution in [-0.2, 0) is 6.42 Å². The number of rotatable bonds is 2. The minimum atomic E-state index is -0.0689. The van der Waals surface area contributed by atoms with Gasteiger partial charge in [-0.05, 0) is 30.5 Å². The molecule has 0 aliphatic carbocycles. The quantitative estimate of drug-likeness (QED) is 0.746. The first-order chi connectivity index (χ1) is 6.19. The summed E-state index contributed by atoms with van der Waals surface area (Å²) in [4.78, 5) is 0.